The van der Waals surface area contributed by atoms with Gasteiger partial charge in [-0.2, -0.15) is 0 Å². The molecule has 0 aliphatic carbocycles. The summed E-state index contributed by atoms with van der Waals surface area (Å²) in [6.07, 6.45) is 7.83. The van der Waals surface area contributed by atoms with Gasteiger partial charge in [-0.25, -0.2) is 0 Å². The molecule has 0 radical (unpaired) electrons. The molecule has 0 aromatic carbocycles. The van der Waals surface area contributed by atoms with Crippen LogP contribution in [0.5, 0.6) is 0 Å². The van der Waals surface area contributed by atoms with Crippen molar-refractivity contribution in [1.29, 1.82) is 0 Å². The molecule has 1 aliphatic rings. The largest absolute Gasteiger partial charge is 0.371 e. The number of nitrogens with zero attached hydrogens (tertiary/aromatic N) is 2. The van der Waals surface area contributed by atoms with Crippen LogP contribution in [0.1, 0.15) is 37.7 Å². The summed E-state index contributed by atoms with van der Waals surface area (Å²) in [5, 5.41) is 0. The molecule has 0 amide bonds. The summed E-state index contributed by atoms with van der Waals surface area (Å²) in [7, 11) is 0. The van der Waals surface area contributed by atoms with Crippen molar-refractivity contribution in [2.24, 2.45) is 5.73 Å². The Bertz CT molecular complexity index is 332. The lowest BCUT2D eigenvalue weighted by Crippen LogP contribution is -2.30. The average Bonchev–Trinajstić information content (AvgIpc) is 2.39. The maximum absolute atomic E-state index is 5.76. The zero-order valence-electron chi connectivity index (χ0n) is 10.0. The summed E-state index contributed by atoms with van der Waals surface area (Å²) in [5.74, 6) is 0.394. The molecule has 0 spiro atoms. The molecule has 1 atom stereocenters. The molecule has 0 bridgehead atoms. The van der Waals surface area contributed by atoms with Crippen molar-refractivity contribution in [1.82, 2.24) is 4.98 Å². The first-order chi connectivity index (χ1) is 7.83. The molecule has 1 fully saturated rings. The Morgan fingerprint density at radius 2 is 2.12 bits per heavy atom. The molecular formula is C13H21N3. The Hall–Kier alpha value is -1.09. The van der Waals surface area contributed by atoms with Gasteiger partial charge in [-0.1, -0.05) is 6.92 Å². The quantitative estimate of drug-likeness (QED) is 0.847. The van der Waals surface area contributed by atoms with Crippen molar-refractivity contribution in [3.63, 3.8) is 0 Å². The van der Waals surface area contributed by atoms with Crippen LogP contribution in [0.15, 0.2) is 18.5 Å². The molecule has 16 heavy (non-hydrogen) atoms. The Morgan fingerprint density at radius 1 is 1.38 bits per heavy atom. The fourth-order valence-corrected chi connectivity index (χ4v) is 2.33. The monoisotopic (exact) mass is 219 g/mol. The third kappa shape index (κ3) is 2.35. The van der Waals surface area contributed by atoms with Crippen LogP contribution in [0.2, 0.25) is 0 Å². The highest BCUT2D eigenvalue weighted by atomic mass is 15.1. The minimum absolute atomic E-state index is 0.394. The molecule has 2 rings (SSSR count). The number of hydrogen-bond acceptors (Lipinski definition) is 3. The fourth-order valence-electron chi connectivity index (χ4n) is 2.33. The summed E-state index contributed by atoms with van der Waals surface area (Å²) < 4.78 is 0. The van der Waals surface area contributed by atoms with Crippen molar-refractivity contribution in [2.45, 2.75) is 32.1 Å². The molecule has 1 saturated heterocycles. The highest BCUT2D eigenvalue weighted by molar-refractivity contribution is 5.54. The predicted molar refractivity (Wildman–Crippen MR) is 67.8 cm³/mol. The number of nitrogens with two attached hydrogens (primary N) is 1. The lowest BCUT2D eigenvalue weighted by Gasteiger charge is -2.31. The smallest absolute Gasteiger partial charge is 0.0432 e. The fraction of sp³-hybridized carbons (Fsp3) is 0.615. The van der Waals surface area contributed by atoms with Crippen molar-refractivity contribution in [3.05, 3.63) is 24.0 Å². The Kier molecular flexibility index (Phi) is 3.78. The van der Waals surface area contributed by atoms with Gasteiger partial charge in [-0.3, -0.25) is 4.98 Å². The van der Waals surface area contributed by atoms with Gasteiger partial charge in [-0.15, -0.1) is 0 Å². The molecule has 2 N–H and O–H groups in total. The lowest BCUT2D eigenvalue weighted by molar-refractivity contribution is 0.574. The summed E-state index contributed by atoms with van der Waals surface area (Å²) in [6.45, 7) is 5.21. The predicted octanol–water partition coefficient (Wildman–Crippen LogP) is 2.13. The van der Waals surface area contributed by atoms with Gasteiger partial charge < -0.3 is 10.6 Å². The van der Waals surface area contributed by atoms with Crippen LogP contribution in [0.25, 0.3) is 0 Å². The van der Waals surface area contributed by atoms with E-state index < -0.39 is 0 Å². The Labute approximate surface area is 97.7 Å². The highest BCUT2D eigenvalue weighted by Gasteiger charge is 2.16. The van der Waals surface area contributed by atoms with Gasteiger partial charge in [0.2, 0.25) is 0 Å². The Balaban J connectivity index is 2.24. The van der Waals surface area contributed by atoms with Crippen LogP contribution in [0, 0.1) is 0 Å². The van der Waals surface area contributed by atoms with E-state index >= 15 is 0 Å². The molecule has 3 heteroatoms. The minimum atomic E-state index is 0.394. The first-order valence-corrected chi connectivity index (χ1v) is 6.22. The molecule has 1 aliphatic heterocycles. The van der Waals surface area contributed by atoms with Gasteiger partial charge in [0.25, 0.3) is 0 Å². The van der Waals surface area contributed by atoms with Crippen LogP contribution in [-0.2, 0) is 0 Å². The standard InChI is InChI=1S/C13H21N3/c1-11(9-14)12-10-15-6-5-13(12)16-7-3-2-4-8-16/h5-6,10-11H,2-4,7-9,14H2,1H3. The first kappa shape index (κ1) is 11.4. The third-order valence-electron chi connectivity index (χ3n) is 3.41. The average molecular weight is 219 g/mol. The number of hydrogen-bond donors (Lipinski definition) is 1. The number of rotatable bonds is 3. The SMILES string of the molecule is CC(CN)c1cnccc1N1CCCCC1. The molecule has 1 aromatic heterocycles. The lowest BCUT2D eigenvalue weighted by atomic mass is 9.99. The molecular weight excluding hydrogens is 198 g/mol. The normalized spacial score (nSPS) is 18.5. The van der Waals surface area contributed by atoms with Crippen molar-refractivity contribution in [2.75, 3.05) is 24.5 Å². The van der Waals surface area contributed by atoms with E-state index in [2.05, 4.69) is 22.9 Å². The van der Waals surface area contributed by atoms with E-state index in [1.54, 1.807) is 0 Å². The second-order valence-electron chi connectivity index (χ2n) is 4.62. The topological polar surface area (TPSA) is 42.1 Å². The first-order valence-electron chi connectivity index (χ1n) is 6.22. The van der Waals surface area contributed by atoms with Crippen LogP contribution in [-0.4, -0.2) is 24.6 Å². The van der Waals surface area contributed by atoms with Crippen molar-refractivity contribution < 1.29 is 0 Å². The number of anilines is 1. The van der Waals surface area contributed by atoms with Crippen LogP contribution >= 0.6 is 0 Å². The molecule has 2 heterocycles. The van der Waals surface area contributed by atoms with Crippen molar-refractivity contribution in [3.8, 4) is 0 Å². The maximum Gasteiger partial charge on any atom is 0.0432 e. The van der Waals surface area contributed by atoms with Gasteiger partial charge in [0.1, 0.15) is 0 Å². The maximum atomic E-state index is 5.76. The third-order valence-corrected chi connectivity index (χ3v) is 3.41. The van der Waals surface area contributed by atoms with Gasteiger partial charge >= 0.3 is 0 Å². The second kappa shape index (κ2) is 5.30. The van der Waals surface area contributed by atoms with Crippen molar-refractivity contribution >= 4 is 5.69 Å². The van der Waals surface area contributed by atoms with E-state index in [0.29, 0.717) is 12.5 Å². The van der Waals surface area contributed by atoms with Gasteiger partial charge in [-0.05, 0) is 43.4 Å². The van der Waals surface area contributed by atoms with Gasteiger partial charge in [0.15, 0.2) is 0 Å². The molecule has 1 aromatic rings. The van der Waals surface area contributed by atoms with Crippen LogP contribution in [0.4, 0.5) is 5.69 Å². The van der Waals surface area contributed by atoms with E-state index in [4.69, 9.17) is 5.73 Å². The van der Waals surface area contributed by atoms with E-state index in [1.807, 2.05) is 12.4 Å². The number of piperidine rings is 1. The number of aromatic nitrogens is 1. The van der Waals surface area contributed by atoms with E-state index in [9.17, 15) is 0 Å². The van der Waals surface area contributed by atoms with Gasteiger partial charge in [0.05, 0.1) is 0 Å². The van der Waals surface area contributed by atoms with Crippen LogP contribution < -0.4 is 10.6 Å². The summed E-state index contributed by atoms with van der Waals surface area (Å²) >= 11 is 0. The zero-order valence-corrected chi connectivity index (χ0v) is 10.0. The van der Waals surface area contributed by atoms with E-state index in [-0.39, 0.29) is 0 Å². The highest BCUT2D eigenvalue weighted by Crippen LogP contribution is 2.28. The molecule has 3 nitrogen and oxygen atoms in total. The van der Waals surface area contributed by atoms with E-state index in [0.717, 1.165) is 0 Å². The second-order valence-corrected chi connectivity index (χ2v) is 4.62. The van der Waals surface area contributed by atoms with Crippen LogP contribution in [0.3, 0.4) is 0 Å². The summed E-state index contributed by atoms with van der Waals surface area (Å²) in [6, 6.07) is 2.13. The molecule has 88 valence electrons. The molecule has 0 saturated carbocycles. The Morgan fingerprint density at radius 3 is 2.81 bits per heavy atom. The molecule has 1 unspecified atom stereocenters. The number of pyridine rings is 1. The van der Waals surface area contributed by atoms with E-state index in [1.165, 1.54) is 43.6 Å². The summed E-state index contributed by atoms with van der Waals surface area (Å²) in [5.41, 5.74) is 8.39. The zero-order chi connectivity index (χ0) is 11.4. The van der Waals surface area contributed by atoms with Gasteiger partial charge in [0, 0.05) is 31.2 Å². The minimum Gasteiger partial charge on any atom is -0.371 e. The summed E-state index contributed by atoms with van der Waals surface area (Å²) in [4.78, 5) is 6.71.